The van der Waals surface area contributed by atoms with Crippen molar-refractivity contribution in [3.05, 3.63) is 36.2 Å². The van der Waals surface area contributed by atoms with Crippen molar-refractivity contribution in [2.24, 2.45) is 13.0 Å². The van der Waals surface area contributed by atoms with Crippen LogP contribution in [0.2, 0.25) is 0 Å². The summed E-state index contributed by atoms with van der Waals surface area (Å²) in [6, 6.07) is 7.75. The van der Waals surface area contributed by atoms with E-state index in [0.717, 1.165) is 29.9 Å². The number of hydrogen-bond acceptors (Lipinski definition) is 3. The normalized spacial score (nSPS) is 14.4. The number of hydrogen-bond donors (Lipinski definition) is 1. The van der Waals surface area contributed by atoms with Crippen LogP contribution in [0.4, 0.5) is 0 Å². The molecule has 1 N–H and O–H groups in total. The zero-order chi connectivity index (χ0) is 13.2. The van der Waals surface area contributed by atoms with Gasteiger partial charge in [-0.2, -0.15) is 5.10 Å². The molecule has 0 saturated heterocycles. The van der Waals surface area contributed by atoms with Crippen LogP contribution in [0.25, 0.3) is 11.4 Å². The Morgan fingerprint density at radius 3 is 3.00 bits per heavy atom. The highest BCUT2D eigenvalue weighted by Gasteiger charge is 2.29. The van der Waals surface area contributed by atoms with E-state index < -0.39 is 0 Å². The molecule has 2 heterocycles. The number of nitrogens with one attached hydrogen (secondary N) is 1. The number of carbonyl (C=O) groups excluding carboxylic acids is 1. The van der Waals surface area contributed by atoms with Gasteiger partial charge in [0.1, 0.15) is 0 Å². The second-order valence-electron chi connectivity index (χ2n) is 4.85. The third kappa shape index (κ3) is 2.65. The van der Waals surface area contributed by atoms with Gasteiger partial charge in [-0.25, -0.2) is 0 Å². The summed E-state index contributed by atoms with van der Waals surface area (Å²) >= 11 is 0. The Morgan fingerprint density at radius 2 is 2.32 bits per heavy atom. The smallest absolute Gasteiger partial charge is 0.223 e. The maximum atomic E-state index is 11.6. The van der Waals surface area contributed by atoms with Gasteiger partial charge in [-0.3, -0.25) is 14.5 Å². The van der Waals surface area contributed by atoms with Gasteiger partial charge in [0.15, 0.2) is 0 Å². The third-order valence-electron chi connectivity index (χ3n) is 3.25. The van der Waals surface area contributed by atoms with Crippen LogP contribution >= 0.6 is 0 Å². The van der Waals surface area contributed by atoms with Crippen molar-refractivity contribution >= 4 is 5.91 Å². The molecular formula is C14H16N4O. The van der Waals surface area contributed by atoms with Gasteiger partial charge in [-0.05, 0) is 31.0 Å². The molecule has 1 aliphatic carbocycles. The van der Waals surface area contributed by atoms with Crippen LogP contribution in [0.1, 0.15) is 18.5 Å². The van der Waals surface area contributed by atoms with Crippen LogP contribution in [-0.4, -0.2) is 20.7 Å². The average Bonchev–Trinajstić information content (AvgIpc) is 3.21. The molecule has 0 radical (unpaired) electrons. The molecule has 0 unspecified atom stereocenters. The molecule has 1 saturated carbocycles. The fourth-order valence-electron chi connectivity index (χ4n) is 2.03. The van der Waals surface area contributed by atoms with Crippen molar-refractivity contribution < 1.29 is 4.79 Å². The number of pyridine rings is 1. The fraction of sp³-hybridized carbons (Fsp3) is 0.357. The Balaban J connectivity index is 1.72. The largest absolute Gasteiger partial charge is 0.350 e. The standard InChI is InChI=1S/C14H16N4O/c1-18-13(12-4-2-3-7-15-12)8-11(17-18)9-16-14(19)10-5-6-10/h2-4,7-8,10H,5-6,9H2,1H3,(H,16,19). The summed E-state index contributed by atoms with van der Waals surface area (Å²) in [5, 5.41) is 7.32. The minimum absolute atomic E-state index is 0.144. The van der Waals surface area contributed by atoms with Crippen molar-refractivity contribution in [1.29, 1.82) is 0 Å². The van der Waals surface area contributed by atoms with Gasteiger partial charge in [0.25, 0.3) is 0 Å². The molecule has 1 aliphatic rings. The maximum absolute atomic E-state index is 11.6. The van der Waals surface area contributed by atoms with E-state index in [1.807, 2.05) is 31.3 Å². The highest BCUT2D eigenvalue weighted by Crippen LogP contribution is 2.28. The molecule has 98 valence electrons. The fourth-order valence-corrected chi connectivity index (χ4v) is 2.03. The van der Waals surface area contributed by atoms with Crippen molar-refractivity contribution in [2.75, 3.05) is 0 Å². The predicted molar refractivity (Wildman–Crippen MR) is 71.0 cm³/mol. The molecule has 0 bridgehead atoms. The van der Waals surface area contributed by atoms with Gasteiger partial charge >= 0.3 is 0 Å². The Hall–Kier alpha value is -2.17. The summed E-state index contributed by atoms with van der Waals surface area (Å²) in [7, 11) is 1.89. The summed E-state index contributed by atoms with van der Waals surface area (Å²) < 4.78 is 1.79. The molecule has 5 nitrogen and oxygen atoms in total. The molecule has 2 aromatic rings. The first-order chi connectivity index (χ1) is 9.24. The van der Waals surface area contributed by atoms with Gasteiger partial charge in [0, 0.05) is 19.2 Å². The summed E-state index contributed by atoms with van der Waals surface area (Å²) in [6.07, 6.45) is 3.80. The summed E-state index contributed by atoms with van der Waals surface area (Å²) in [6.45, 7) is 0.482. The van der Waals surface area contributed by atoms with Crippen LogP contribution in [0.5, 0.6) is 0 Å². The molecule has 2 aromatic heterocycles. The molecular weight excluding hydrogens is 240 g/mol. The monoisotopic (exact) mass is 256 g/mol. The van der Waals surface area contributed by atoms with E-state index in [4.69, 9.17) is 0 Å². The minimum Gasteiger partial charge on any atom is -0.350 e. The zero-order valence-electron chi connectivity index (χ0n) is 10.8. The maximum Gasteiger partial charge on any atom is 0.223 e. The summed E-state index contributed by atoms with van der Waals surface area (Å²) in [5.74, 6) is 0.379. The van der Waals surface area contributed by atoms with Crippen LogP contribution in [0, 0.1) is 5.92 Å². The van der Waals surface area contributed by atoms with E-state index in [9.17, 15) is 4.79 Å². The topological polar surface area (TPSA) is 59.8 Å². The molecule has 5 heteroatoms. The van der Waals surface area contributed by atoms with Crippen LogP contribution in [0.3, 0.4) is 0 Å². The molecule has 0 aromatic carbocycles. The van der Waals surface area contributed by atoms with E-state index in [1.165, 1.54) is 0 Å². The lowest BCUT2D eigenvalue weighted by Gasteiger charge is -2.00. The molecule has 19 heavy (non-hydrogen) atoms. The molecule has 1 fully saturated rings. The van der Waals surface area contributed by atoms with E-state index in [0.29, 0.717) is 6.54 Å². The van der Waals surface area contributed by atoms with Gasteiger partial charge in [0.05, 0.1) is 23.6 Å². The van der Waals surface area contributed by atoms with E-state index in [1.54, 1.807) is 10.9 Å². The Kier molecular flexibility index (Phi) is 3.03. The Bertz CT molecular complexity index is 587. The van der Waals surface area contributed by atoms with E-state index in [2.05, 4.69) is 15.4 Å². The highest BCUT2D eigenvalue weighted by molar-refractivity contribution is 5.80. The first-order valence-electron chi connectivity index (χ1n) is 6.46. The molecule has 0 spiro atoms. The van der Waals surface area contributed by atoms with Crippen LogP contribution < -0.4 is 5.32 Å². The number of aromatic nitrogens is 3. The number of nitrogens with zero attached hydrogens (tertiary/aromatic N) is 3. The van der Waals surface area contributed by atoms with Gasteiger partial charge in [-0.1, -0.05) is 6.07 Å². The van der Waals surface area contributed by atoms with E-state index in [-0.39, 0.29) is 11.8 Å². The zero-order valence-corrected chi connectivity index (χ0v) is 10.8. The lowest BCUT2D eigenvalue weighted by molar-refractivity contribution is -0.122. The molecule has 0 aliphatic heterocycles. The quantitative estimate of drug-likeness (QED) is 0.902. The molecule has 1 amide bonds. The lowest BCUT2D eigenvalue weighted by atomic mass is 10.2. The van der Waals surface area contributed by atoms with Gasteiger partial charge < -0.3 is 5.32 Å². The second-order valence-corrected chi connectivity index (χ2v) is 4.85. The number of carbonyl (C=O) groups is 1. The number of amides is 1. The van der Waals surface area contributed by atoms with Crippen molar-refractivity contribution in [2.45, 2.75) is 19.4 Å². The van der Waals surface area contributed by atoms with Gasteiger partial charge in [0.2, 0.25) is 5.91 Å². The Labute approximate surface area is 111 Å². The van der Waals surface area contributed by atoms with Crippen LogP contribution in [0.15, 0.2) is 30.5 Å². The van der Waals surface area contributed by atoms with Crippen molar-refractivity contribution in [3.63, 3.8) is 0 Å². The predicted octanol–water partition coefficient (Wildman–Crippen LogP) is 1.51. The van der Waals surface area contributed by atoms with Crippen LogP contribution in [-0.2, 0) is 18.4 Å². The van der Waals surface area contributed by atoms with Crippen molar-refractivity contribution in [3.8, 4) is 11.4 Å². The first kappa shape index (κ1) is 11.9. The summed E-state index contributed by atoms with van der Waals surface area (Å²) in [5.41, 5.74) is 2.70. The number of aryl methyl sites for hydroxylation is 1. The third-order valence-corrected chi connectivity index (χ3v) is 3.25. The first-order valence-corrected chi connectivity index (χ1v) is 6.46. The Morgan fingerprint density at radius 1 is 1.47 bits per heavy atom. The SMILES string of the molecule is Cn1nc(CNC(=O)C2CC2)cc1-c1ccccn1. The minimum atomic E-state index is 0.144. The van der Waals surface area contributed by atoms with Crippen molar-refractivity contribution in [1.82, 2.24) is 20.1 Å². The lowest BCUT2D eigenvalue weighted by Crippen LogP contribution is -2.24. The second kappa shape index (κ2) is 4.84. The molecule has 0 atom stereocenters. The highest BCUT2D eigenvalue weighted by atomic mass is 16.2. The van der Waals surface area contributed by atoms with Gasteiger partial charge in [-0.15, -0.1) is 0 Å². The molecule has 3 rings (SSSR count). The van der Waals surface area contributed by atoms with E-state index >= 15 is 0 Å². The summed E-state index contributed by atoms with van der Waals surface area (Å²) in [4.78, 5) is 15.9. The average molecular weight is 256 g/mol. The number of rotatable bonds is 4.